The monoisotopic (exact) mass is 426 g/mol. The summed E-state index contributed by atoms with van der Waals surface area (Å²) in [5.41, 5.74) is 9.25. The van der Waals surface area contributed by atoms with Crippen LogP contribution in [0.25, 0.3) is 11.2 Å². The lowest BCUT2D eigenvalue weighted by molar-refractivity contribution is 0.626. The van der Waals surface area contributed by atoms with Gasteiger partial charge in [-0.3, -0.25) is 4.57 Å². The molecule has 136 valence electrons. The van der Waals surface area contributed by atoms with Crippen LogP contribution in [-0.2, 0) is 13.1 Å². The first-order valence-electron chi connectivity index (χ1n) is 8.31. The van der Waals surface area contributed by atoms with Crippen LogP contribution in [-0.4, -0.2) is 19.5 Å². The number of anilines is 2. The molecule has 2 aromatic carbocycles. The van der Waals surface area contributed by atoms with Crippen molar-refractivity contribution in [3.8, 4) is 0 Å². The number of nitrogens with one attached hydrogen (secondary N) is 1. The van der Waals surface area contributed by atoms with E-state index in [1.54, 1.807) is 12.1 Å². The molecular formula is C19H16BrFN6. The third-order valence-corrected chi connectivity index (χ3v) is 4.73. The maximum Gasteiger partial charge on any atom is 0.227 e. The molecule has 2 aromatic heterocycles. The van der Waals surface area contributed by atoms with Crippen LogP contribution < -0.4 is 11.1 Å². The van der Waals surface area contributed by atoms with E-state index in [1.807, 2.05) is 34.9 Å². The van der Waals surface area contributed by atoms with Gasteiger partial charge in [-0.05, 0) is 39.2 Å². The van der Waals surface area contributed by atoms with Crippen molar-refractivity contribution in [2.75, 3.05) is 11.1 Å². The Labute approximate surface area is 163 Å². The van der Waals surface area contributed by atoms with Gasteiger partial charge in [0.15, 0.2) is 21.7 Å². The summed E-state index contributed by atoms with van der Waals surface area (Å²) < 4.78 is 15.6. The number of hydrogen-bond acceptors (Lipinski definition) is 5. The van der Waals surface area contributed by atoms with Crippen molar-refractivity contribution >= 4 is 38.9 Å². The molecular weight excluding hydrogens is 411 g/mol. The third kappa shape index (κ3) is 3.75. The van der Waals surface area contributed by atoms with Crippen LogP contribution in [0.5, 0.6) is 0 Å². The molecule has 0 radical (unpaired) electrons. The zero-order chi connectivity index (χ0) is 18.8. The molecule has 8 heteroatoms. The summed E-state index contributed by atoms with van der Waals surface area (Å²) in [6.45, 7) is 1.06. The Hall–Kier alpha value is -3.00. The lowest BCUT2D eigenvalue weighted by Gasteiger charge is -2.08. The predicted molar refractivity (Wildman–Crippen MR) is 107 cm³/mol. The molecule has 4 aromatic rings. The second-order valence-corrected chi connectivity index (χ2v) is 6.75. The molecule has 0 amide bonds. The Morgan fingerprint density at radius 3 is 2.44 bits per heavy atom. The highest BCUT2D eigenvalue weighted by Gasteiger charge is 2.15. The molecule has 0 atom stereocenters. The Morgan fingerprint density at radius 2 is 1.70 bits per heavy atom. The number of aromatic nitrogens is 4. The summed E-state index contributed by atoms with van der Waals surface area (Å²) >= 11 is 3.45. The normalized spacial score (nSPS) is 11.0. The molecule has 2 heterocycles. The summed E-state index contributed by atoms with van der Waals surface area (Å²) in [6.07, 6.45) is 0. The number of nitrogens with zero attached hydrogens (tertiary/aromatic N) is 4. The van der Waals surface area contributed by atoms with E-state index in [2.05, 4.69) is 36.2 Å². The van der Waals surface area contributed by atoms with Gasteiger partial charge in [0.25, 0.3) is 0 Å². The Bertz CT molecular complexity index is 1080. The first kappa shape index (κ1) is 17.4. The standard InChI is InChI=1S/C19H16BrFN6/c20-18-24-15-16(22)25-19(23-10-12-4-2-1-3-5-12)26-17(15)27(18)11-13-6-8-14(21)9-7-13/h1-9H,10-11H2,(H3,22,23,25,26). The van der Waals surface area contributed by atoms with Crippen molar-refractivity contribution in [3.63, 3.8) is 0 Å². The average Bonchev–Trinajstić information content (AvgIpc) is 2.99. The van der Waals surface area contributed by atoms with Crippen LogP contribution in [0.3, 0.4) is 0 Å². The molecule has 0 saturated carbocycles. The van der Waals surface area contributed by atoms with Crippen LogP contribution in [0.4, 0.5) is 16.2 Å². The second kappa shape index (κ2) is 7.32. The molecule has 0 aliphatic carbocycles. The van der Waals surface area contributed by atoms with Gasteiger partial charge < -0.3 is 11.1 Å². The Morgan fingerprint density at radius 1 is 0.963 bits per heavy atom. The minimum absolute atomic E-state index is 0.271. The van der Waals surface area contributed by atoms with Crippen LogP contribution in [0.2, 0.25) is 0 Å². The highest BCUT2D eigenvalue weighted by Crippen LogP contribution is 2.25. The van der Waals surface area contributed by atoms with Gasteiger partial charge >= 0.3 is 0 Å². The molecule has 4 rings (SSSR count). The van der Waals surface area contributed by atoms with Gasteiger partial charge in [0, 0.05) is 6.54 Å². The van der Waals surface area contributed by atoms with E-state index in [0.29, 0.717) is 40.8 Å². The Balaban J connectivity index is 1.66. The van der Waals surface area contributed by atoms with Crippen LogP contribution >= 0.6 is 15.9 Å². The summed E-state index contributed by atoms with van der Waals surface area (Å²) in [5.74, 6) is 0.456. The number of fused-ring (bicyclic) bond motifs is 1. The fraction of sp³-hybridized carbons (Fsp3) is 0.105. The molecule has 0 aliphatic rings. The summed E-state index contributed by atoms with van der Waals surface area (Å²) in [5, 5.41) is 3.19. The lowest BCUT2D eigenvalue weighted by atomic mass is 10.2. The van der Waals surface area contributed by atoms with E-state index in [-0.39, 0.29) is 5.82 Å². The quantitative estimate of drug-likeness (QED) is 0.471. The predicted octanol–water partition coefficient (Wildman–Crippen LogP) is 3.97. The van der Waals surface area contributed by atoms with Crippen LogP contribution in [0, 0.1) is 5.82 Å². The molecule has 0 bridgehead atoms. The van der Waals surface area contributed by atoms with Gasteiger partial charge in [0.2, 0.25) is 5.95 Å². The minimum atomic E-state index is -0.271. The van der Waals surface area contributed by atoms with Crippen molar-refractivity contribution in [1.29, 1.82) is 0 Å². The smallest absolute Gasteiger partial charge is 0.227 e. The third-order valence-electron chi connectivity index (χ3n) is 4.12. The van der Waals surface area contributed by atoms with Gasteiger partial charge in [0.05, 0.1) is 6.54 Å². The molecule has 0 unspecified atom stereocenters. The summed E-state index contributed by atoms with van der Waals surface area (Å²) in [7, 11) is 0. The fourth-order valence-corrected chi connectivity index (χ4v) is 3.23. The zero-order valence-corrected chi connectivity index (χ0v) is 15.8. The van der Waals surface area contributed by atoms with Crippen LogP contribution in [0.1, 0.15) is 11.1 Å². The van der Waals surface area contributed by atoms with Crippen molar-refractivity contribution in [2.45, 2.75) is 13.1 Å². The number of hydrogen-bond donors (Lipinski definition) is 2. The van der Waals surface area contributed by atoms with Gasteiger partial charge in [0.1, 0.15) is 5.82 Å². The van der Waals surface area contributed by atoms with Crippen molar-refractivity contribution in [3.05, 3.63) is 76.3 Å². The van der Waals surface area contributed by atoms with Gasteiger partial charge in [-0.25, -0.2) is 9.37 Å². The molecule has 0 saturated heterocycles. The molecule has 6 nitrogen and oxygen atoms in total. The zero-order valence-electron chi connectivity index (χ0n) is 14.2. The van der Waals surface area contributed by atoms with Crippen LogP contribution in [0.15, 0.2) is 59.3 Å². The molecule has 0 spiro atoms. The highest BCUT2D eigenvalue weighted by atomic mass is 79.9. The maximum atomic E-state index is 13.2. The maximum absolute atomic E-state index is 13.2. The first-order valence-corrected chi connectivity index (χ1v) is 9.11. The topological polar surface area (TPSA) is 81.7 Å². The van der Waals surface area contributed by atoms with E-state index >= 15 is 0 Å². The Kier molecular flexibility index (Phi) is 4.72. The van der Waals surface area contributed by atoms with E-state index < -0.39 is 0 Å². The number of benzene rings is 2. The van der Waals surface area contributed by atoms with Crippen molar-refractivity contribution in [2.24, 2.45) is 0 Å². The molecule has 3 N–H and O–H groups in total. The van der Waals surface area contributed by atoms with E-state index in [9.17, 15) is 4.39 Å². The summed E-state index contributed by atoms with van der Waals surface area (Å²) in [4.78, 5) is 13.3. The largest absolute Gasteiger partial charge is 0.382 e. The minimum Gasteiger partial charge on any atom is -0.382 e. The lowest BCUT2D eigenvalue weighted by Crippen LogP contribution is -2.08. The molecule has 0 aliphatic heterocycles. The fourth-order valence-electron chi connectivity index (χ4n) is 2.76. The highest BCUT2D eigenvalue weighted by molar-refractivity contribution is 9.10. The van der Waals surface area contributed by atoms with Crippen molar-refractivity contribution in [1.82, 2.24) is 19.5 Å². The molecule has 0 fully saturated rings. The number of halogens is 2. The average molecular weight is 427 g/mol. The van der Waals surface area contributed by atoms with Crippen molar-refractivity contribution < 1.29 is 4.39 Å². The summed E-state index contributed by atoms with van der Waals surface area (Å²) in [6, 6.07) is 16.3. The first-order chi connectivity index (χ1) is 13.1. The van der Waals surface area contributed by atoms with E-state index in [1.165, 1.54) is 12.1 Å². The number of nitrogens with two attached hydrogens (primary N) is 1. The SMILES string of the molecule is Nc1nc(NCc2ccccc2)nc2c1nc(Br)n2Cc1ccc(F)cc1. The second-order valence-electron chi connectivity index (χ2n) is 6.04. The van der Waals surface area contributed by atoms with E-state index in [0.717, 1.165) is 11.1 Å². The number of rotatable bonds is 5. The van der Waals surface area contributed by atoms with E-state index in [4.69, 9.17) is 5.73 Å². The van der Waals surface area contributed by atoms with Gasteiger partial charge in [-0.15, -0.1) is 0 Å². The number of nitrogen functional groups attached to an aromatic ring is 1. The number of imidazole rings is 1. The molecule has 27 heavy (non-hydrogen) atoms. The van der Waals surface area contributed by atoms with Gasteiger partial charge in [-0.1, -0.05) is 42.5 Å². The van der Waals surface area contributed by atoms with Gasteiger partial charge in [-0.2, -0.15) is 9.97 Å².